The number of nitrogens with zero attached hydrogens (tertiary/aromatic N) is 3. The third-order valence-corrected chi connectivity index (χ3v) is 3.27. The average molecular weight is 282 g/mol. The van der Waals surface area contributed by atoms with Crippen molar-refractivity contribution in [1.82, 2.24) is 19.7 Å². The van der Waals surface area contributed by atoms with Gasteiger partial charge in [0.1, 0.15) is 11.3 Å². The Hall–Kier alpha value is -2.89. The number of hydrogen-bond donors (Lipinski definition) is 2. The molecule has 0 spiro atoms. The Bertz CT molecular complexity index is 864. The van der Waals surface area contributed by atoms with Crippen molar-refractivity contribution in [2.24, 2.45) is 7.05 Å². The summed E-state index contributed by atoms with van der Waals surface area (Å²) in [5, 5.41) is 14.2. The van der Waals surface area contributed by atoms with Gasteiger partial charge in [-0.2, -0.15) is 10.1 Å². The molecule has 3 rings (SSSR count). The van der Waals surface area contributed by atoms with Crippen molar-refractivity contribution in [3.63, 3.8) is 0 Å². The molecule has 0 amide bonds. The van der Waals surface area contributed by atoms with E-state index in [9.17, 15) is 9.90 Å². The van der Waals surface area contributed by atoms with Gasteiger partial charge < -0.3 is 10.1 Å². The Morgan fingerprint density at radius 3 is 2.71 bits per heavy atom. The molecule has 0 fully saturated rings. The molecular weight excluding hydrogens is 268 g/mol. The maximum atomic E-state index is 12.3. The molecule has 6 nitrogen and oxygen atoms in total. The summed E-state index contributed by atoms with van der Waals surface area (Å²) in [4.78, 5) is 19.1. The lowest BCUT2D eigenvalue weighted by Crippen LogP contribution is -2.13. The zero-order chi connectivity index (χ0) is 15.0. The van der Waals surface area contributed by atoms with Crippen molar-refractivity contribution in [2.75, 3.05) is 0 Å². The first-order valence-corrected chi connectivity index (χ1v) is 6.45. The van der Waals surface area contributed by atoms with Crippen LogP contribution in [0.4, 0.5) is 0 Å². The number of aromatic hydroxyl groups is 1. The largest absolute Gasteiger partial charge is 0.493 e. The number of aryl methyl sites for hydroxylation is 2. The Kier molecular flexibility index (Phi) is 3.06. The first-order chi connectivity index (χ1) is 10.1. The number of aromatic amines is 1. The van der Waals surface area contributed by atoms with Gasteiger partial charge in [-0.15, -0.1) is 0 Å². The second-order valence-corrected chi connectivity index (χ2v) is 4.82. The molecule has 0 bridgehead atoms. The number of H-pyrrole nitrogens is 1. The van der Waals surface area contributed by atoms with E-state index in [1.54, 1.807) is 30.1 Å². The Balaban J connectivity index is 2.18. The van der Waals surface area contributed by atoms with E-state index < -0.39 is 0 Å². The van der Waals surface area contributed by atoms with Crippen LogP contribution in [-0.4, -0.2) is 24.9 Å². The lowest BCUT2D eigenvalue weighted by molar-refractivity contribution is 0.454. The standard InChI is InChI=1S/C15H14N4O2/c1-9-4-3-5-10(8-9)12-14(20)17-13(18-15(12)21)11-6-7-16-19(11)2/h3-8H,1-2H3,(H2,17,18,20,21). The van der Waals surface area contributed by atoms with Gasteiger partial charge in [-0.05, 0) is 18.6 Å². The molecule has 2 N–H and O–H groups in total. The summed E-state index contributed by atoms with van der Waals surface area (Å²) in [7, 11) is 1.74. The number of nitrogens with one attached hydrogen (secondary N) is 1. The molecule has 0 atom stereocenters. The van der Waals surface area contributed by atoms with E-state index in [-0.39, 0.29) is 22.8 Å². The smallest absolute Gasteiger partial charge is 0.262 e. The van der Waals surface area contributed by atoms with Gasteiger partial charge in [-0.25, -0.2) is 0 Å². The minimum absolute atomic E-state index is 0.171. The summed E-state index contributed by atoms with van der Waals surface area (Å²) in [6.45, 7) is 1.92. The van der Waals surface area contributed by atoms with Gasteiger partial charge in [-0.1, -0.05) is 29.8 Å². The van der Waals surface area contributed by atoms with E-state index in [2.05, 4.69) is 15.1 Å². The van der Waals surface area contributed by atoms with Gasteiger partial charge in [0.2, 0.25) is 5.88 Å². The molecule has 21 heavy (non-hydrogen) atoms. The van der Waals surface area contributed by atoms with Crippen molar-refractivity contribution >= 4 is 0 Å². The van der Waals surface area contributed by atoms with Crippen LogP contribution in [0.15, 0.2) is 41.3 Å². The minimum atomic E-state index is -0.385. The molecule has 0 aliphatic carbocycles. The fraction of sp³-hybridized carbons (Fsp3) is 0.133. The van der Waals surface area contributed by atoms with Gasteiger partial charge in [-0.3, -0.25) is 9.48 Å². The van der Waals surface area contributed by atoms with Crippen molar-refractivity contribution in [1.29, 1.82) is 0 Å². The monoisotopic (exact) mass is 282 g/mol. The van der Waals surface area contributed by atoms with Crippen LogP contribution in [0.25, 0.3) is 22.6 Å². The normalized spacial score (nSPS) is 10.8. The van der Waals surface area contributed by atoms with Crippen molar-refractivity contribution < 1.29 is 5.11 Å². The van der Waals surface area contributed by atoms with Crippen molar-refractivity contribution in [3.8, 4) is 28.5 Å². The average Bonchev–Trinajstić information content (AvgIpc) is 2.84. The van der Waals surface area contributed by atoms with Crippen LogP contribution in [0.5, 0.6) is 5.88 Å². The van der Waals surface area contributed by atoms with Crippen molar-refractivity contribution in [3.05, 3.63) is 52.4 Å². The summed E-state index contributed by atoms with van der Waals surface area (Å²) in [6, 6.07) is 9.06. The minimum Gasteiger partial charge on any atom is -0.493 e. The van der Waals surface area contributed by atoms with Crippen LogP contribution < -0.4 is 5.56 Å². The van der Waals surface area contributed by atoms with Crippen LogP contribution in [0.2, 0.25) is 0 Å². The van der Waals surface area contributed by atoms with Crippen LogP contribution in [0.1, 0.15) is 5.56 Å². The lowest BCUT2D eigenvalue weighted by Gasteiger charge is -2.07. The Morgan fingerprint density at radius 2 is 2.10 bits per heavy atom. The van der Waals surface area contributed by atoms with Crippen LogP contribution in [0, 0.1) is 6.92 Å². The zero-order valence-corrected chi connectivity index (χ0v) is 11.7. The van der Waals surface area contributed by atoms with E-state index >= 15 is 0 Å². The second kappa shape index (κ2) is 4.90. The van der Waals surface area contributed by atoms with E-state index in [1.165, 1.54) is 0 Å². The molecule has 1 aromatic carbocycles. The van der Waals surface area contributed by atoms with E-state index in [4.69, 9.17) is 0 Å². The van der Waals surface area contributed by atoms with Gasteiger partial charge in [0, 0.05) is 13.2 Å². The summed E-state index contributed by atoms with van der Waals surface area (Å²) in [5.74, 6) is -0.00514. The van der Waals surface area contributed by atoms with Crippen LogP contribution in [-0.2, 0) is 7.05 Å². The summed E-state index contributed by atoms with van der Waals surface area (Å²) in [6.07, 6.45) is 1.60. The maximum absolute atomic E-state index is 12.3. The molecule has 2 aromatic heterocycles. The summed E-state index contributed by atoms with van der Waals surface area (Å²) >= 11 is 0. The Morgan fingerprint density at radius 1 is 1.29 bits per heavy atom. The molecule has 0 saturated heterocycles. The molecule has 106 valence electrons. The van der Waals surface area contributed by atoms with E-state index in [1.807, 2.05) is 25.1 Å². The van der Waals surface area contributed by atoms with Gasteiger partial charge >= 0.3 is 0 Å². The topological polar surface area (TPSA) is 83.8 Å². The highest BCUT2D eigenvalue weighted by Crippen LogP contribution is 2.25. The molecule has 0 unspecified atom stereocenters. The predicted octanol–water partition coefficient (Wildman–Crippen LogP) is 1.85. The van der Waals surface area contributed by atoms with Gasteiger partial charge in [0.05, 0.1) is 0 Å². The SMILES string of the molecule is Cc1cccc(-c2c(O)nc(-c3ccnn3C)[nH]c2=O)c1. The molecule has 0 aliphatic rings. The fourth-order valence-corrected chi connectivity index (χ4v) is 2.25. The van der Waals surface area contributed by atoms with Crippen molar-refractivity contribution in [2.45, 2.75) is 6.92 Å². The summed E-state index contributed by atoms with van der Waals surface area (Å²) < 4.78 is 1.57. The van der Waals surface area contributed by atoms with E-state index in [0.717, 1.165) is 5.56 Å². The molecular formula is C15H14N4O2. The third-order valence-electron chi connectivity index (χ3n) is 3.27. The number of rotatable bonds is 2. The first kappa shape index (κ1) is 13.1. The van der Waals surface area contributed by atoms with E-state index in [0.29, 0.717) is 11.3 Å². The molecule has 0 aliphatic heterocycles. The number of hydrogen-bond acceptors (Lipinski definition) is 4. The molecule has 0 radical (unpaired) electrons. The van der Waals surface area contributed by atoms with Gasteiger partial charge in [0.15, 0.2) is 5.82 Å². The zero-order valence-electron chi connectivity index (χ0n) is 11.7. The number of aromatic nitrogens is 4. The molecule has 3 aromatic rings. The first-order valence-electron chi connectivity index (χ1n) is 6.45. The molecule has 6 heteroatoms. The van der Waals surface area contributed by atoms with Gasteiger partial charge in [0.25, 0.3) is 5.56 Å². The number of benzene rings is 1. The van der Waals surface area contributed by atoms with Crippen LogP contribution >= 0.6 is 0 Å². The second-order valence-electron chi connectivity index (χ2n) is 4.82. The quantitative estimate of drug-likeness (QED) is 0.751. The molecule has 2 heterocycles. The summed E-state index contributed by atoms with van der Waals surface area (Å²) in [5.41, 5.74) is 2.05. The van der Waals surface area contributed by atoms with Crippen LogP contribution in [0.3, 0.4) is 0 Å². The highest BCUT2D eigenvalue weighted by atomic mass is 16.3. The predicted molar refractivity (Wildman–Crippen MR) is 78.9 cm³/mol. The third kappa shape index (κ3) is 2.31. The molecule has 0 saturated carbocycles. The highest BCUT2D eigenvalue weighted by Gasteiger charge is 2.15. The lowest BCUT2D eigenvalue weighted by atomic mass is 10.1. The fourth-order valence-electron chi connectivity index (χ4n) is 2.25. The Labute approximate surface area is 120 Å². The maximum Gasteiger partial charge on any atom is 0.262 e. The highest BCUT2D eigenvalue weighted by molar-refractivity contribution is 5.69.